The summed E-state index contributed by atoms with van der Waals surface area (Å²) in [5.41, 5.74) is 1.73. The third kappa shape index (κ3) is 3.86. The molecule has 4 heterocycles. The zero-order chi connectivity index (χ0) is 16.9. The summed E-state index contributed by atoms with van der Waals surface area (Å²) in [6.45, 7) is 0.369. The minimum atomic E-state index is 0.369. The summed E-state index contributed by atoms with van der Waals surface area (Å²) < 4.78 is 5.27. The highest BCUT2D eigenvalue weighted by atomic mass is 32.1. The van der Waals surface area contributed by atoms with E-state index < -0.39 is 0 Å². The first-order chi connectivity index (χ1) is 12.4. The molecule has 0 amide bonds. The number of aromatic nitrogens is 5. The highest BCUT2D eigenvalue weighted by Crippen LogP contribution is 2.16. The Labute approximate surface area is 147 Å². The molecule has 0 bridgehead atoms. The van der Waals surface area contributed by atoms with Crippen LogP contribution in [0, 0.1) is 0 Å². The molecule has 0 unspecified atom stereocenters. The van der Waals surface area contributed by atoms with Gasteiger partial charge in [0, 0.05) is 35.5 Å². The molecule has 0 aliphatic heterocycles. The van der Waals surface area contributed by atoms with Crippen LogP contribution in [0.3, 0.4) is 0 Å². The van der Waals surface area contributed by atoms with E-state index in [0.29, 0.717) is 30.6 Å². The second-order valence-electron chi connectivity index (χ2n) is 5.22. The molecule has 25 heavy (non-hydrogen) atoms. The van der Waals surface area contributed by atoms with Gasteiger partial charge in [-0.3, -0.25) is 4.98 Å². The van der Waals surface area contributed by atoms with Crippen LogP contribution in [0.15, 0.2) is 58.8 Å². The van der Waals surface area contributed by atoms with Gasteiger partial charge >= 0.3 is 0 Å². The van der Waals surface area contributed by atoms with Crippen molar-refractivity contribution >= 4 is 17.3 Å². The van der Waals surface area contributed by atoms with Crippen LogP contribution in [0.5, 0.6) is 0 Å². The number of thiophene rings is 1. The normalized spacial score (nSPS) is 10.7. The molecule has 0 fully saturated rings. The molecule has 7 nitrogen and oxygen atoms in total. The third-order valence-electron chi connectivity index (χ3n) is 3.43. The molecule has 0 aromatic carbocycles. The molecule has 0 atom stereocenters. The van der Waals surface area contributed by atoms with Gasteiger partial charge in [0.05, 0.1) is 12.2 Å². The molecule has 4 rings (SSSR count). The second kappa shape index (κ2) is 7.18. The summed E-state index contributed by atoms with van der Waals surface area (Å²) in [6.07, 6.45) is 5.87. The summed E-state index contributed by atoms with van der Waals surface area (Å²) in [6, 6.07) is 9.73. The lowest BCUT2D eigenvalue weighted by Gasteiger charge is -2.04. The van der Waals surface area contributed by atoms with Crippen LogP contribution in [-0.2, 0) is 13.0 Å². The van der Waals surface area contributed by atoms with Crippen LogP contribution in [0.2, 0.25) is 0 Å². The van der Waals surface area contributed by atoms with E-state index in [2.05, 4.69) is 36.5 Å². The molecule has 0 saturated carbocycles. The SMILES string of the molecule is c1cncc(-c2ccnc(NCc3nc(Cc4cccs4)no3)n2)c1. The molecule has 8 heteroatoms. The molecule has 0 saturated heterocycles. The smallest absolute Gasteiger partial charge is 0.246 e. The zero-order valence-electron chi connectivity index (χ0n) is 13.2. The van der Waals surface area contributed by atoms with Crippen LogP contribution < -0.4 is 5.32 Å². The van der Waals surface area contributed by atoms with E-state index in [4.69, 9.17) is 4.52 Å². The predicted octanol–water partition coefficient (Wildman–Crippen LogP) is 3.19. The highest BCUT2D eigenvalue weighted by molar-refractivity contribution is 7.09. The van der Waals surface area contributed by atoms with Crippen molar-refractivity contribution in [2.24, 2.45) is 0 Å². The summed E-state index contributed by atoms with van der Waals surface area (Å²) in [4.78, 5) is 18.4. The van der Waals surface area contributed by atoms with Gasteiger partial charge in [-0.25, -0.2) is 9.97 Å². The standard InChI is InChI=1S/C17H14N6OS/c1-3-12(10-18-6-1)14-5-7-19-17(21-14)20-11-16-22-15(23-24-16)9-13-4-2-8-25-13/h1-8,10H,9,11H2,(H,19,20,21). The van der Waals surface area contributed by atoms with E-state index in [1.54, 1.807) is 29.9 Å². The maximum atomic E-state index is 5.27. The van der Waals surface area contributed by atoms with Crippen molar-refractivity contribution in [2.75, 3.05) is 5.32 Å². The van der Waals surface area contributed by atoms with Gasteiger partial charge in [0.25, 0.3) is 0 Å². The van der Waals surface area contributed by atoms with Crippen molar-refractivity contribution in [3.05, 3.63) is 70.9 Å². The van der Waals surface area contributed by atoms with Gasteiger partial charge in [0.15, 0.2) is 5.82 Å². The van der Waals surface area contributed by atoms with Gasteiger partial charge in [-0.2, -0.15) is 4.98 Å². The summed E-state index contributed by atoms with van der Waals surface area (Å²) >= 11 is 1.67. The van der Waals surface area contributed by atoms with E-state index >= 15 is 0 Å². The zero-order valence-corrected chi connectivity index (χ0v) is 14.0. The molecule has 0 radical (unpaired) electrons. The monoisotopic (exact) mass is 350 g/mol. The average Bonchev–Trinajstić information content (AvgIpc) is 3.33. The maximum Gasteiger partial charge on any atom is 0.246 e. The fraction of sp³-hybridized carbons (Fsp3) is 0.118. The van der Waals surface area contributed by atoms with Crippen LogP contribution in [0.1, 0.15) is 16.6 Å². The first-order valence-corrected chi connectivity index (χ1v) is 8.56. The fourth-order valence-electron chi connectivity index (χ4n) is 2.28. The maximum absolute atomic E-state index is 5.27. The topological polar surface area (TPSA) is 89.6 Å². The number of nitrogens with one attached hydrogen (secondary N) is 1. The number of hydrogen-bond donors (Lipinski definition) is 1. The fourth-order valence-corrected chi connectivity index (χ4v) is 2.98. The van der Waals surface area contributed by atoms with Crippen molar-refractivity contribution in [1.29, 1.82) is 0 Å². The van der Waals surface area contributed by atoms with Gasteiger partial charge in [-0.05, 0) is 29.6 Å². The number of anilines is 1. The van der Waals surface area contributed by atoms with Crippen LogP contribution >= 0.6 is 11.3 Å². The molecule has 4 aromatic rings. The van der Waals surface area contributed by atoms with Gasteiger partial charge < -0.3 is 9.84 Å². The van der Waals surface area contributed by atoms with Crippen LogP contribution in [0.4, 0.5) is 5.95 Å². The van der Waals surface area contributed by atoms with Gasteiger partial charge in [0.2, 0.25) is 11.8 Å². The number of nitrogens with zero attached hydrogens (tertiary/aromatic N) is 5. The van der Waals surface area contributed by atoms with E-state index in [1.165, 1.54) is 4.88 Å². The van der Waals surface area contributed by atoms with E-state index in [0.717, 1.165) is 11.3 Å². The first-order valence-electron chi connectivity index (χ1n) is 7.68. The van der Waals surface area contributed by atoms with Gasteiger partial charge in [0.1, 0.15) is 0 Å². The lowest BCUT2D eigenvalue weighted by molar-refractivity contribution is 0.378. The van der Waals surface area contributed by atoms with Gasteiger partial charge in [-0.1, -0.05) is 11.2 Å². The van der Waals surface area contributed by atoms with Crippen molar-refractivity contribution < 1.29 is 4.52 Å². The van der Waals surface area contributed by atoms with E-state index in [1.807, 2.05) is 29.6 Å². The predicted molar refractivity (Wildman–Crippen MR) is 94.0 cm³/mol. The molecule has 1 N–H and O–H groups in total. The summed E-state index contributed by atoms with van der Waals surface area (Å²) in [5.74, 6) is 1.67. The molecule has 0 aliphatic rings. The Bertz CT molecular complexity index is 939. The van der Waals surface area contributed by atoms with Crippen LogP contribution in [0.25, 0.3) is 11.3 Å². The molecular weight excluding hydrogens is 336 g/mol. The summed E-state index contributed by atoms with van der Waals surface area (Å²) in [7, 11) is 0. The largest absolute Gasteiger partial charge is 0.345 e. The second-order valence-corrected chi connectivity index (χ2v) is 6.25. The minimum absolute atomic E-state index is 0.369. The van der Waals surface area contributed by atoms with Gasteiger partial charge in [-0.15, -0.1) is 11.3 Å². The molecular formula is C17H14N6OS. The molecule has 0 aliphatic carbocycles. The van der Waals surface area contributed by atoms with Crippen molar-refractivity contribution in [1.82, 2.24) is 25.1 Å². The van der Waals surface area contributed by atoms with E-state index in [9.17, 15) is 0 Å². The Morgan fingerprint density at radius 2 is 2.08 bits per heavy atom. The quantitative estimate of drug-likeness (QED) is 0.571. The average molecular weight is 350 g/mol. The highest BCUT2D eigenvalue weighted by Gasteiger charge is 2.09. The Morgan fingerprint density at radius 1 is 1.08 bits per heavy atom. The minimum Gasteiger partial charge on any atom is -0.345 e. The molecule has 4 aromatic heterocycles. The number of hydrogen-bond acceptors (Lipinski definition) is 8. The molecule has 124 valence electrons. The Kier molecular flexibility index (Phi) is 4.42. The Morgan fingerprint density at radius 3 is 2.92 bits per heavy atom. The van der Waals surface area contributed by atoms with Crippen LogP contribution in [-0.4, -0.2) is 25.1 Å². The van der Waals surface area contributed by atoms with E-state index in [-0.39, 0.29) is 0 Å². The van der Waals surface area contributed by atoms with Crippen molar-refractivity contribution in [3.8, 4) is 11.3 Å². The Balaban J connectivity index is 1.41. The summed E-state index contributed by atoms with van der Waals surface area (Å²) in [5, 5.41) is 9.14. The Hall–Kier alpha value is -3.13. The third-order valence-corrected chi connectivity index (χ3v) is 4.31. The molecule has 0 spiro atoms. The number of rotatable bonds is 6. The lowest BCUT2D eigenvalue weighted by atomic mass is 10.2. The van der Waals surface area contributed by atoms with Crippen molar-refractivity contribution in [2.45, 2.75) is 13.0 Å². The van der Waals surface area contributed by atoms with Crippen molar-refractivity contribution in [3.63, 3.8) is 0 Å². The lowest BCUT2D eigenvalue weighted by Crippen LogP contribution is -2.04. The number of pyridine rings is 1. The first kappa shape index (κ1) is 15.4.